The number of hydrogen-bond acceptors (Lipinski definition) is 4. The number of H-pyrrole nitrogens is 1. The van der Waals surface area contributed by atoms with Gasteiger partial charge in [0, 0.05) is 17.3 Å². The lowest BCUT2D eigenvalue weighted by atomic mass is 10.1. The van der Waals surface area contributed by atoms with Gasteiger partial charge in [0.15, 0.2) is 11.6 Å². The highest BCUT2D eigenvalue weighted by molar-refractivity contribution is 5.67. The summed E-state index contributed by atoms with van der Waals surface area (Å²) in [6.07, 6.45) is 1.53. The standard InChI is InChI=1S/C15H13N3O2/c1-9-4-5-10(7-11(9)16)12-8-14(19)18-15(17-12)13-3-2-6-20-13/h2-8H,16H2,1H3,(H,17,18,19). The number of hydrogen-bond donors (Lipinski definition) is 2. The lowest BCUT2D eigenvalue weighted by Gasteiger charge is -2.05. The van der Waals surface area contributed by atoms with E-state index >= 15 is 0 Å². The molecule has 3 rings (SSSR count). The Kier molecular flexibility index (Phi) is 2.87. The highest BCUT2D eigenvalue weighted by Gasteiger charge is 2.08. The van der Waals surface area contributed by atoms with Gasteiger partial charge in [-0.15, -0.1) is 0 Å². The van der Waals surface area contributed by atoms with Crippen molar-refractivity contribution in [3.63, 3.8) is 0 Å². The summed E-state index contributed by atoms with van der Waals surface area (Å²) in [6.45, 7) is 1.93. The molecule has 100 valence electrons. The summed E-state index contributed by atoms with van der Waals surface area (Å²) in [5, 5.41) is 0. The molecule has 5 nitrogen and oxygen atoms in total. The van der Waals surface area contributed by atoms with Gasteiger partial charge in [0.2, 0.25) is 0 Å². The number of nitrogens with two attached hydrogens (primary N) is 1. The Morgan fingerprint density at radius 3 is 2.80 bits per heavy atom. The molecule has 2 aromatic heterocycles. The summed E-state index contributed by atoms with van der Waals surface area (Å²) in [7, 11) is 0. The van der Waals surface area contributed by atoms with Crippen LogP contribution in [0.15, 0.2) is 51.9 Å². The van der Waals surface area contributed by atoms with E-state index in [4.69, 9.17) is 10.2 Å². The van der Waals surface area contributed by atoms with Crippen molar-refractivity contribution in [1.82, 2.24) is 9.97 Å². The first kappa shape index (κ1) is 12.2. The van der Waals surface area contributed by atoms with Crippen molar-refractivity contribution in [1.29, 1.82) is 0 Å². The molecule has 1 aromatic carbocycles. The Morgan fingerprint density at radius 1 is 1.25 bits per heavy atom. The molecule has 0 aliphatic rings. The van der Waals surface area contributed by atoms with Gasteiger partial charge in [-0.25, -0.2) is 4.98 Å². The van der Waals surface area contributed by atoms with Gasteiger partial charge in [-0.05, 0) is 30.7 Å². The third-order valence-corrected chi connectivity index (χ3v) is 3.07. The predicted molar refractivity (Wildman–Crippen MR) is 77.1 cm³/mol. The molecule has 2 heterocycles. The fraction of sp³-hybridized carbons (Fsp3) is 0.0667. The van der Waals surface area contributed by atoms with Crippen LogP contribution in [0.25, 0.3) is 22.8 Å². The van der Waals surface area contributed by atoms with Crippen molar-refractivity contribution in [2.45, 2.75) is 6.92 Å². The van der Waals surface area contributed by atoms with Crippen molar-refractivity contribution in [2.24, 2.45) is 0 Å². The van der Waals surface area contributed by atoms with Gasteiger partial charge in [-0.3, -0.25) is 4.79 Å². The zero-order valence-corrected chi connectivity index (χ0v) is 10.9. The molecular weight excluding hydrogens is 254 g/mol. The fourth-order valence-corrected chi connectivity index (χ4v) is 1.94. The molecular formula is C15H13N3O2. The monoisotopic (exact) mass is 267 g/mol. The summed E-state index contributed by atoms with van der Waals surface area (Å²) in [5.74, 6) is 0.917. The van der Waals surface area contributed by atoms with Crippen molar-refractivity contribution in [2.75, 3.05) is 5.73 Å². The summed E-state index contributed by atoms with van der Waals surface area (Å²) in [5.41, 5.74) is 8.68. The summed E-state index contributed by atoms with van der Waals surface area (Å²) < 4.78 is 5.25. The van der Waals surface area contributed by atoms with Gasteiger partial charge in [0.25, 0.3) is 5.56 Å². The number of aromatic amines is 1. The zero-order chi connectivity index (χ0) is 14.1. The number of rotatable bonds is 2. The maximum absolute atomic E-state index is 11.8. The minimum Gasteiger partial charge on any atom is -0.461 e. The molecule has 0 bridgehead atoms. The Morgan fingerprint density at radius 2 is 2.10 bits per heavy atom. The normalized spacial score (nSPS) is 10.7. The SMILES string of the molecule is Cc1ccc(-c2cc(=O)[nH]c(-c3ccco3)n2)cc1N. The summed E-state index contributed by atoms with van der Waals surface area (Å²) in [6, 6.07) is 10.5. The molecule has 0 saturated carbocycles. The Labute approximate surface area is 115 Å². The second-order valence-corrected chi connectivity index (χ2v) is 4.53. The molecule has 20 heavy (non-hydrogen) atoms. The van der Waals surface area contributed by atoms with Crippen LogP contribution in [0.2, 0.25) is 0 Å². The number of aryl methyl sites for hydroxylation is 1. The highest BCUT2D eigenvalue weighted by atomic mass is 16.3. The smallest absolute Gasteiger partial charge is 0.251 e. The van der Waals surface area contributed by atoms with Crippen molar-refractivity contribution >= 4 is 5.69 Å². The topological polar surface area (TPSA) is 84.9 Å². The van der Waals surface area contributed by atoms with Crippen LogP contribution in [0.3, 0.4) is 0 Å². The highest BCUT2D eigenvalue weighted by Crippen LogP contribution is 2.23. The molecule has 0 amide bonds. The number of nitrogens with zero attached hydrogens (tertiary/aromatic N) is 1. The first-order valence-corrected chi connectivity index (χ1v) is 6.15. The Hall–Kier alpha value is -2.82. The summed E-state index contributed by atoms with van der Waals surface area (Å²) >= 11 is 0. The van der Waals surface area contributed by atoms with Gasteiger partial charge < -0.3 is 15.1 Å². The van der Waals surface area contributed by atoms with Crippen LogP contribution in [0.5, 0.6) is 0 Å². The van der Waals surface area contributed by atoms with Crippen LogP contribution < -0.4 is 11.3 Å². The van der Waals surface area contributed by atoms with E-state index in [0.717, 1.165) is 11.1 Å². The van der Waals surface area contributed by atoms with Crippen LogP contribution in [0.1, 0.15) is 5.56 Å². The molecule has 0 radical (unpaired) electrons. The van der Waals surface area contributed by atoms with Crippen LogP contribution in [0.4, 0.5) is 5.69 Å². The lowest BCUT2D eigenvalue weighted by Crippen LogP contribution is -2.08. The second kappa shape index (κ2) is 4.70. The number of furan rings is 1. The first-order valence-electron chi connectivity index (χ1n) is 6.15. The van der Waals surface area contributed by atoms with Gasteiger partial charge in [-0.1, -0.05) is 12.1 Å². The second-order valence-electron chi connectivity index (χ2n) is 4.53. The van der Waals surface area contributed by atoms with E-state index in [1.807, 2.05) is 25.1 Å². The van der Waals surface area contributed by atoms with Gasteiger partial charge in [-0.2, -0.15) is 0 Å². The Balaban J connectivity index is 2.14. The van der Waals surface area contributed by atoms with Gasteiger partial charge in [0.05, 0.1) is 12.0 Å². The van der Waals surface area contributed by atoms with E-state index in [1.165, 1.54) is 12.3 Å². The third kappa shape index (κ3) is 2.21. The molecule has 0 aliphatic carbocycles. The number of benzene rings is 1. The lowest BCUT2D eigenvalue weighted by molar-refractivity contribution is 0.577. The molecule has 0 spiro atoms. The van der Waals surface area contributed by atoms with E-state index in [0.29, 0.717) is 23.0 Å². The van der Waals surface area contributed by atoms with Gasteiger partial charge in [0.1, 0.15) is 0 Å². The minimum atomic E-state index is -0.236. The van der Waals surface area contributed by atoms with E-state index < -0.39 is 0 Å². The number of nitrogens with one attached hydrogen (secondary N) is 1. The van der Waals surface area contributed by atoms with Crippen LogP contribution in [-0.2, 0) is 0 Å². The van der Waals surface area contributed by atoms with Crippen LogP contribution >= 0.6 is 0 Å². The quantitative estimate of drug-likeness (QED) is 0.699. The number of nitrogen functional groups attached to an aromatic ring is 1. The van der Waals surface area contributed by atoms with E-state index in [1.54, 1.807) is 12.1 Å². The first-order chi connectivity index (χ1) is 9.63. The van der Waals surface area contributed by atoms with Gasteiger partial charge >= 0.3 is 0 Å². The van der Waals surface area contributed by atoms with Crippen LogP contribution in [-0.4, -0.2) is 9.97 Å². The van der Waals surface area contributed by atoms with E-state index in [2.05, 4.69) is 9.97 Å². The van der Waals surface area contributed by atoms with Crippen molar-refractivity contribution < 1.29 is 4.42 Å². The molecule has 0 saturated heterocycles. The van der Waals surface area contributed by atoms with Crippen LogP contribution in [0, 0.1) is 6.92 Å². The van der Waals surface area contributed by atoms with E-state index in [9.17, 15) is 4.79 Å². The average molecular weight is 267 g/mol. The van der Waals surface area contributed by atoms with Crippen molar-refractivity contribution in [3.05, 3.63) is 58.6 Å². The minimum absolute atomic E-state index is 0.236. The average Bonchev–Trinajstić information content (AvgIpc) is 2.95. The maximum atomic E-state index is 11.8. The fourth-order valence-electron chi connectivity index (χ4n) is 1.94. The summed E-state index contributed by atoms with van der Waals surface area (Å²) in [4.78, 5) is 18.8. The predicted octanol–water partition coefficient (Wildman–Crippen LogP) is 2.59. The number of aromatic nitrogens is 2. The molecule has 0 fully saturated rings. The molecule has 3 N–H and O–H groups in total. The molecule has 5 heteroatoms. The van der Waals surface area contributed by atoms with E-state index in [-0.39, 0.29) is 5.56 Å². The zero-order valence-electron chi connectivity index (χ0n) is 10.9. The molecule has 3 aromatic rings. The largest absolute Gasteiger partial charge is 0.461 e. The molecule has 0 aliphatic heterocycles. The number of anilines is 1. The maximum Gasteiger partial charge on any atom is 0.251 e. The molecule has 0 unspecified atom stereocenters. The third-order valence-electron chi connectivity index (χ3n) is 3.07. The Bertz CT molecular complexity index is 804. The molecule has 0 atom stereocenters. The van der Waals surface area contributed by atoms with Crippen molar-refractivity contribution in [3.8, 4) is 22.8 Å².